The van der Waals surface area contributed by atoms with Gasteiger partial charge in [-0.05, 0) is 43.5 Å². The summed E-state index contributed by atoms with van der Waals surface area (Å²) in [7, 11) is 0. The minimum Gasteiger partial charge on any atom is -0.341 e. The van der Waals surface area contributed by atoms with Crippen LogP contribution in [0, 0.1) is 6.92 Å². The van der Waals surface area contributed by atoms with Crippen molar-refractivity contribution in [2.24, 2.45) is 0 Å². The fourth-order valence-electron chi connectivity index (χ4n) is 3.34. The first-order valence-corrected chi connectivity index (χ1v) is 9.54. The molecule has 1 aromatic carbocycles. The highest BCUT2D eigenvalue weighted by Gasteiger charge is 2.25. The van der Waals surface area contributed by atoms with Crippen molar-refractivity contribution in [2.75, 3.05) is 18.8 Å². The highest BCUT2D eigenvalue weighted by molar-refractivity contribution is 7.99. The van der Waals surface area contributed by atoms with Crippen LogP contribution in [0.4, 0.5) is 0 Å². The molecule has 0 spiro atoms. The number of hydrogen-bond acceptors (Lipinski definition) is 4. The third-order valence-corrected chi connectivity index (χ3v) is 5.54. The van der Waals surface area contributed by atoms with Crippen molar-refractivity contribution in [3.8, 4) is 0 Å². The van der Waals surface area contributed by atoms with Crippen LogP contribution in [0.2, 0.25) is 0 Å². The lowest BCUT2D eigenvalue weighted by Crippen LogP contribution is -2.40. The Morgan fingerprint density at radius 2 is 2.32 bits per heavy atom. The van der Waals surface area contributed by atoms with E-state index in [9.17, 15) is 4.79 Å². The summed E-state index contributed by atoms with van der Waals surface area (Å²) in [6.07, 6.45) is 3.90. The average Bonchev–Trinajstić information content (AvgIpc) is 3.29. The number of H-pyrrole nitrogens is 2. The monoisotopic (exact) mass is 355 g/mol. The number of aromatic amines is 2. The normalized spacial score (nSPS) is 18.0. The molecule has 6 nitrogen and oxygen atoms in total. The van der Waals surface area contributed by atoms with Gasteiger partial charge in [-0.3, -0.25) is 9.89 Å². The van der Waals surface area contributed by atoms with Gasteiger partial charge in [0.1, 0.15) is 0 Å². The van der Waals surface area contributed by atoms with Gasteiger partial charge in [-0.25, -0.2) is 4.98 Å². The maximum absolute atomic E-state index is 12.6. The van der Waals surface area contributed by atoms with Gasteiger partial charge in [0.25, 0.3) is 0 Å². The molecule has 1 unspecified atom stereocenters. The molecule has 25 heavy (non-hydrogen) atoms. The molecule has 2 aromatic heterocycles. The zero-order valence-electron chi connectivity index (χ0n) is 14.2. The van der Waals surface area contributed by atoms with Gasteiger partial charge >= 0.3 is 0 Å². The van der Waals surface area contributed by atoms with Crippen LogP contribution in [0.3, 0.4) is 0 Å². The van der Waals surface area contributed by atoms with Gasteiger partial charge in [0.2, 0.25) is 5.91 Å². The quantitative estimate of drug-likeness (QED) is 0.705. The number of nitrogens with zero attached hydrogens (tertiary/aromatic N) is 3. The molecule has 0 bridgehead atoms. The molecule has 1 amide bonds. The van der Waals surface area contributed by atoms with Crippen LogP contribution in [0.5, 0.6) is 0 Å². The van der Waals surface area contributed by atoms with Crippen LogP contribution in [-0.4, -0.2) is 49.8 Å². The second kappa shape index (κ2) is 6.92. The first-order valence-electron chi connectivity index (χ1n) is 8.55. The number of benzene rings is 1. The standard InChI is InChI=1S/C18H21N5OS/c1-12-4-5-15-16(9-12)21-18(20-15)25-11-17(24)23-8-2-3-13(10-23)14-6-7-19-22-14/h4-7,9,13H,2-3,8,10-11H2,1H3,(H,19,22)(H,20,21). The Morgan fingerprint density at radius 1 is 1.40 bits per heavy atom. The van der Waals surface area contributed by atoms with E-state index in [1.54, 1.807) is 6.20 Å². The van der Waals surface area contributed by atoms with Gasteiger partial charge in [-0.1, -0.05) is 17.8 Å². The first-order chi connectivity index (χ1) is 12.2. The molecule has 1 aliphatic rings. The summed E-state index contributed by atoms with van der Waals surface area (Å²) in [5.41, 5.74) is 4.28. The summed E-state index contributed by atoms with van der Waals surface area (Å²) in [5, 5.41) is 7.86. The van der Waals surface area contributed by atoms with Crippen molar-refractivity contribution in [1.82, 2.24) is 25.1 Å². The van der Waals surface area contributed by atoms with Crippen LogP contribution in [-0.2, 0) is 4.79 Å². The summed E-state index contributed by atoms with van der Waals surface area (Å²) < 4.78 is 0. The van der Waals surface area contributed by atoms with E-state index in [1.165, 1.54) is 17.3 Å². The molecule has 0 saturated carbocycles. The van der Waals surface area contributed by atoms with Crippen LogP contribution >= 0.6 is 11.8 Å². The number of thioether (sulfide) groups is 1. The molecule has 1 atom stereocenters. The topological polar surface area (TPSA) is 77.7 Å². The lowest BCUT2D eigenvalue weighted by atomic mass is 9.95. The van der Waals surface area contributed by atoms with Gasteiger partial charge in [0, 0.05) is 30.9 Å². The Hall–Kier alpha value is -2.28. The lowest BCUT2D eigenvalue weighted by molar-refractivity contribution is -0.129. The van der Waals surface area contributed by atoms with E-state index >= 15 is 0 Å². The van der Waals surface area contributed by atoms with Gasteiger partial charge in [0.05, 0.1) is 16.8 Å². The molecular formula is C18H21N5OS. The zero-order chi connectivity index (χ0) is 17.2. The van der Waals surface area contributed by atoms with Crippen LogP contribution < -0.4 is 0 Å². The SMILES string of the molecule is Cc1ccc2nc(SCC(=O)N3CCCC(c4ccn[nH]4)C3)[nH]c2c1. The van der Waals surface area contributed by atoms with Crippen molar-refractivity contribution in [3.63, 3.8) is 0 Å². The van der Waals surface area contributed by atoms with Crippen LogP contribution in [0.1, 0.15) is 30.0 Å². The first kappa shape index (κ1) is 16.2. The number of nitrogens with one attached hydrogen (secondary N) is 2. The summed E-state index contributed by atoms with van der Waals surface area (Å²) in [4.78, 5) is 22.4. The van der Waals surface area contributed by atoms with Crippen LogP contribution in [0.25, 0.3) is 11.0 Å². The maximum Gasteiger partial charge on any atom is 0.233 e. The Balaban J connectivity index is 1.37. The molecule has 3 aromatic rings. The number of hydrogen-bond donors (Lipinski definition) is 2. The number of amides is 1. The Labute approximate surface area is 150 Å². The van der Waals surface area contributed by atoms with E-state index in [1.807, 2.05) is 23.1 Å². The summed E-state index contributed by atoms with van der Waals surface area (Å²) in [5.74, 6) is 0.944. The van der Waals surface area contributed by atoms with Crippen molar-refractivity contribution in [3.05, 3.63) is 41.7 Å². The largest absolute Gasteiger partial charge is 0.341 e. The average molecular weight is 355 g/mol. The molecule has 4 rings (SSSR count). The molecular weight excluding hydrogens is 334 g/mol. The summed E-state index contributed by atoms with van der Waals surface area (Å²) >= 11 is 1.47. The Morgan fingerprint density at radius 3 is 3.16 bits per heavy atom. The molecule has 1 aliphatic heterocycles. The molecule has 2 N–H and O–H groups in total. The predicted molar refractivity (Wildman–Crippen MR) is 98.7 cm³/mol. The van der Waals surface area contributed by atoms with Crippen molar-refractivity contribution in [1.29, 1.82) is 0 Å². The lowest BCUT2D eigenvalue weighted by Gasteiger charge is -2.32. The Kier molecular flexibility index (Phi) is 4.48. The number of rotatable bonds is 4. The second-order valence-corrected chi connectivity index (χ2v) is 7.51. The van der Waals surface area contributed by atoms with Gasteiger partial charge in [0.15, 0.2) is 5.16 Å². The molecule has 0 radical (unpaired) electrons. The van der Waals surface area contributed by atoms with Crippen LogP contribution in [0.15, 0.2) is 35.6 Å². The molecule has 130 valence electrons. The van der Waals surface area contributed by atoms with Gasteiger partial charge < -0.3 is 9.88 Å². The van der Waals surface area contributed by atoms with E-state index < -0.39 is 0 Å². The number of carbonyl (C=O) groups excluding carboxylic acids is 1. The van der Waals surface area contributed by atoms with E-state index in [0.717, 1.165) is 47.8 Å². The molecule has 7 heteroatoms. The van der Waals surface area contributed by atoms with Crippen molar-refractivity contribution in [2.45, 2.75) is 30.8 Å². The number of piperidine rings is 1. The number of carbonyl (C=O) groups is 1. The van der Waals surface area contributed by atoms with Gasteiger partial charge in [-0.2, -0.15) is 5.10 Å². The van der Waals surface area contributed by atoms with E-state index in [0.29, 0.717) is 11.7 Å². The Bertz CT molecular complexity index is 873. The van der Waals surface area contributed by atoms with Gasteiger partial charge in [-0.15, -0.1) is 0 Å². The van der Waals surface area contributed by atoms with E-state index in [4.69, 9.17) is 0 Å². The minimum atomic E-state index is 0.172. The maximum atomic E-state index is 12.6. The highest BCUT2D eigenvalue weighted by Crippen LogP contribution is 2.26. The molecule has 3 heterocycles. The fraction of sp³-hybridized carbons (Fsp3) is 0.389. The minimum absolute atomic E-state index is 0.172. The zero-order valence-corrected chi connectivity index (χ0v) is 15.0. The summed E-state index contributed by atoms with van der Waals surface area (Å²) in [6.45, 7) is 3.66. The smallest absolute Gasteiger partial charge is 0.233 e. The van der Waals surface area contributed by atoms with E-state index in [-0.39, 0.29) is 5.91 Å². The second-order valence-electron chi connectivity index (χ2n) is 6.54. The number of aromatic nitrogens is 4. The molecule has 1 saturated heterocycles. The summed E-state index contributed by atoms with van der Waals surface area (Å²) in [6, 6.07) is 8.14. The predicted octanol–water partition coefficient (Wildman–Crippen LogP) is 3.09. The van der Waals surface area contributed by atoms with Crippen molar-refractivity contribution >= 4 is 28.7 Å². The number of imidazole rings is 1. The number of fused-ring (bicyclic) bond motifs is 1. The highest BCUT2D eigenvalue weighted by atomic mass is 32.2. The number of likely N-dealkylation sites (tertiary alicyclic amines) is 1. The third-order valence-electron chi connectivity index (χ3n) is 4.68. The van der Waals surface area contributed by atoms with Crippen molar-refractivity contribution < 1.29 is 4.79 Å². The molecule has 1 fully saturated rings. The number of aryl methyl sites for hydroxylation is 1. The molecule has 0 aliphatic carbocycles. The third kappa shape index (κ3) is 3.56. The van der Waals surface area contributed by atoms with E-state index in [2.05, 4.69) is 33.2 Å². The fourth-order valence-corrected chi connectivity index (χ4v) is 4.13.